The van der Waals surface area contributed by atoms with E-state index in [9.17, 15) is 9.18 Å². The minimum absolute atomic E-state index is 0.130. The number of piperidine rings is 1. The Morgan fingerprint density at radius 2 is 1.70 bits per heavy atom. The summed E-state index contributed by atoms with van der Waals surface area (Å²) in [6.07, 6.45) is 3.24. The Hall–Kier alpha value is -3.52. The van der Waals surface area contributed by atoms with Gasteiger partial charge in [0, 0.05) is 24.2 Å². The fourth-order valence-corrected chi connectivity index (χ4v) is 5.32. The quantitative estimate of drug-likeness (QED) is 0.218. The van der Waals surface area contributed by atoms with Crippen molar-refractivity contribution < 1.29 is 13.9 Å². The number of likely N-dealkylation sites (tertiary alicyclic amines) is 1. The van der Waals surface area contributed by atoms with Gasteiger partial charge in [0.25, 0.3) is 5.91 Å². The van der Waals surface area contributed by atoms with Crippen LogP contribution in [-0.2, 0) is 6.54 Å². The van der Waals surface area contributed by atoms with E-state index < -0.39 is 0 Å². The van der Waals surface area contributed by atoms with Gasteiger partial charge in [-0.3, -0.25) is 9.69 Å². The fourth-order valence-electron chi connectivity index (χ4n) is 4.94. The Morgan fingerprint density at radius 3 is 2.35 bits per heavy atom. The smallest absolute Gasteiger partial charge is 0.255 e. The predicted molar refractivity (Wildman–Crippen MR) is 157 cm³/mol. The highest BCUT2D eigenvalue weighted by atomic mass is 35.5. The molecule has 1 amide bonds. The molecule has 0 atom stereocenters. The van der Waals surface area contributed by atoms with E-state index in [4.69, 9.17) is 32.9 Å². The van der Waals surface area contributed by atoms with Crippen LogP contribution in [0.1, 0.15) is 47.3 Å². The Balaban J connectivity index is 1.27. The van der Waals surface area contributed by atoms with Crippen molar-refractivity contribution in [3.05, 3.63) is 106 Å². The van der Waals surface area contributed by atoms with E-state index in [1.54, 1.807) is 24.3 Å². The van der Waals surface area contributed by atoms with Crippen LogP contribution < -0.4 is 10.1 Å². The van der Waals surface area contributed by atoms with Gasteiger partial charge in [-0.25, -0.2) is 14.4 Å². The van der Waals surface area contributed by atoms with Gasteiger partial charge >= 0.3 is 0 Å². The Bertz CT molecular complexity index is 1470. The van der Waals surface area contributed by atoms with Crippen molar-refractivity contribution in [1.82, 2.24) is 14.9 Å². The first-order valence-corrected chi connectivity index (χ1v) is 14.0. The van der Waals surface area contributed by atoms with Crippen LogP contribution in [0, 0.1) is 5.82 Å². The number of benzene rings is 2. The van der Waals surface area contributed by atoms with E-state index in [0.29, 0.717) is 28.8 Å². The molecule has 5 rings (SSSR count). The third-order valence-electron chi connectivity index (χ3n) is 7.00. The first kappa shape index (κ1) is 28.0. The van der Waals surface area contributed by atoms with Crippen molar-refractivity contribution in [1.29, 1.82) is 0 Å². The van der Waals surface area contributed by atoms with Crippen molar-refractivity contribution in [3.63, 3.8) is 0 Å². The summed E-state index contributed by atoms with van der Waals surface area (Å²) in [5, 5.41) is 3.56. The van der Waals surface area contributed by atoms with Crippen molar-refractivity contribution in [3.8, 4) is 17.0 Å². The Kier molecular flexibility index (Phi) is 8.94. The molecule has 0 saturated carbocycles. The molecule has 0 unspecified atom stereocenters. The molecule has 2 aromatic heterocycles. The minimum atomic E-state index is -0.311. The van der Waals surface area contributed by atoms with Crippen LogP contribution in [0.15, 0.2) is 72.9 Å². The molecule has 1 aliphatic heterocycles. The molecule has 1 N–H and O–H groups in total. The summed E-state index contributed by atoms with van der Waals surface area (Å²) < 4.78 is 18.9. The lowest BCUT2D eigenvalue weighted by Crippen LogP contribution is -2.33. The molecule has 1 fully saturated rings. The lowest BCUT2D eigenvalue weighted by atomic mass is 9.91. The summed E-state index contributed by atoms with van der Waals surface area (Å²) in [5.74, 6) is -0.0494. The Morgan fingerprint density at radius 1 is 1.02 bits per heavy atom. The van der Waals surface area contributed by atoms with Gasteiger partial charge in [-0.05, 0) is 79.9 Å². The number of halogens is 3. The highest BCUT2D eigenvalue weighted by Crippen LogP contribution is 2.37. The second kappa shape index (κ2) is 12.8. The molecule has 6 nitrogen and oxygen atoms in total. The van der Waals surface area contributed by atoms with E-state index >= 15 is 0 Å². The predicted octanol–water partition coefficient (Wildman–Crippen LogP) is 7.62. The number of hydrogen-bond donors (Lipinski definition) is 1. The maximum Gasteiger partial charge on any atom is 0.255 e. The van der Waals surface area contributed by atoms with Crippen LogP contribution in [0.3, 0.4) is 0 Å². The van der Waals surface area contributed by atoms with Gasteiger partial charge in [-0.1, -0.05) is 59.6 Å². The molecule has 0 aliphatic carbocycles. The van der Waals surface area contributed by atoms with E-state index in [1.165, 1.54) is 30.0 Å². The van der Waals surface area contributed by atoms with Gasteiger partial charge in [0.05, 0.1) is 18.0 Å². The third-order valence-corrected chi connectivity index (χ3v) is 7.48. The number of anilines is 1. The number of ether oxygens (including phenoxy) is 1. The monoisotopic (exact) mass is 578 g/mol. The van der Waals surface area contributed by atoms with Crippen molar-refractivity contribution in [2.24, 2.45) is 0 Å². The van der Waals surface area contributed by atoms with E-state index in [-0.39, 0.29) is 22.8 Å². The third kappa shape index (κ3) is 6.78. The summed E-state index contributed by atoms with van der Waals surface area (Å²) in [7, 11) is 0. The molecule has 0 bridgehead atoms. The number of carbonyl (C=O) groups excluding carboxylic acids is 1. The molecule has 2 aromatic carbocycles. The van der Waals surface area contributed by atoms with Gasteiger partial charge in [0.2, 0.25) is 5.88 Å². The first-order valence-electron chi connectivity index (χ1n) is 13.2. The highest BCUT2D eigenvalue weighted by molar-refractivity contribution is 6.32. The Labute approximate surface area is 243 Å². The average molecular weight is 580 g/mol. The largest absolute Gasteiger partial charge is 0.477 e. The van der Waals surface area contributed by atoms with Crippen molar-refractivity contribution in [2.75, 3.05) is 25.0 Å². The summed E-state index contributed by atoms with van der Waals surface area (Å²) in [5.41, 5.74) is 5.01. The zero-order valence-corrected chi connectivity index (χ0v) is 23.6. The van der Waals surface area contributed by atoms with Gasteiger partial charge in [0.1, 0.15) is 16.0 Å². The molecular weight excluding hydrogens is 550 g/mol. The molecule has 0 radical (unpaired) electrons. The molecule has 40 heavy (non-hydrogen) atoms. The van der Waals surface area contributed by atoms with Crippen LogP contribution in [0.25, 0.3) is 11.1 Å². The first-order chi connectivity index (χ1) is 19.4. The second-order valence-electron chi connectivity index (χ2n) is 9.72. The maximum atomic E-state index is 13.2. The van der Waals surface area contributed by atoms with E-state index in [1.807, 2.05) is 6.92 Å². The molecule has 1 saturated heterocycles. The van der Waals surface area contributed by atoms with Gasteiger partial charge in [-0.15, -0.1) is 0 Å². The molecule has 0 spiro atoms. The highest BCUT2D eigenvalue weighted by Gasteiger charge is 2.26. The van der Waals surface area contributed by atoms with Gasteiger partial charge in [-0.2, -0.15) is 0 Å². The van der Waals surface area contributed by atoms with Gasteiger partial charge in [0.15, 0.2) is 0 Å². The number of hydrogen-bond acceptors (Lipinski definition) is 5. The minimum Gasteiger partial charge on any atom is -0.477 e. The number of nitrogens with zero attached hydrogens (tertiary/aromatic N) is 3. The van der Waals surface area contributed by atoms with E-state index in [0.717, 1.165) is 49.3 Å². The lowest BCUT2D eigenvalue weighted by Gasteiger charge is -2.32. The topological polar surface area (TPSA) is 67.3 Å². The van der Waals surface area contributed by atoms with E-state index in [2.05, 4.69) is 39.5 Å². The molecule has 1 aliphatic rings. The SMILES string of the molecule is CCOc1nc(C2CCN(Cc3ccc(-c4ccc(F)cc4)cc3)CC2)c(NC(=O)c2ccnc(Cl)c2)cc1Cl. The maximum absolute atomic E-state index is 13.2. The van der Waals surface area contributed by atoms with Crippen LogP contribution >= 0.6 is 23.2 Å². The molecule has 3 heterocycles. The second-order valence-corrected chi connectivity index (χ2v) is 10.5. The lowest BCUT2D eigenvalue weighted by molar-refractivity contribution is 0.102. The number of pyridine rings is 2. The number of amides is 1. The van der Waals surface area contributed by atoms with Gasteiger partial charge < -0.3 is 10.1 Å². The molecular formula is C31H29Cl2FN4O2. The van der Waals surface area contributed by atoms with Crippen molar-refractivity contribution in [2.45, 2.75) is 32.2 Å². The average Bonchev–Trinajstić information content (AvgIpc) is 2.96. The van der Waals surface area contributed by atoms with Crippen molar-refractivity contribution >= 4 is 34.8 Å². The van der Waals surface area contributed by atoms with Crippen LogP contribution in [0.2, 0.25) is 10.2 Å². The normalized spacial score (nSPS) is 14.2. The number of rotatable bonds is 8. The number of nitrogens with one attached hydrogen (secondary N) is 1. The summed E-state index contributed by atoms with van der Waals surface area (Å²) in [6.45, 7) is 4.91. The fraction of sp³-hybridized carbons (Fsp3) is 0.258. The molecule has 4 aromatic rings. The number of carbonyl (C=O) groups is 1. The van der Waals surface area contributed by atoms with Crippen LogP contribution in [-0.4, -0.2) is 40.5 Å². The van der Waals surface area contributed by atoms with Crippen LogP contribution in [0.5, 0.6) is 5.88 Å². The summed E-state index contributed by atoms with van der Waals surface area (Å²) in [6, 6.07) is 19.8. The standard InChI is InChI=1S/C31H29Cl2FN4O2/c1-2-40-31-26(32)18-27(36-30(39)24-11-14-35-28(33)17-24)29(37-31)23-12-15-38(16-13-23)19-20-3-5-21(6-4-20)22-7-9-25(34)10-8-22/h3-11,14,17-18,23H,2,12-13,15-16,19H2,1H3,(H,36,39). The summed E-state index contributed by atoms with van der Waals surface area (Å²) >= 11 is 12.4. The zero-order valence-electron chi connectivity index (χ0n) is 22.0. The number of aromatic nitrogens is 2. The summed E-state index contributed by atoms with van der Waals surface area (Å²) in [4.78, 5) is 24.1. The molecule has 206 valence electrons. The molecule has 9 heteroatoms. The zero-order chi connectivity index (χ0) is 28.1. The van der Waals surface area contributed by atoms with Crippen LogP contribution in [0.4, 0.5) is 10.1 Å².